The van der Waals surface area contributed by atoms with Gasteiger partial charge in [0.05, 0.1) is 7.11 Å². The molecule has 0 saturated carbocycles. The Bertz CT molecular complexity index is 615. The fourth-order valence-corrected chi connectivity index (χ4v) is 2.71. The zero-order valence-corrected chi connectivity index (χ0v) is 12.3. The van der Waals surface area contributed by atoms with E-state index in [1.165, 1.54) is 11.1 Å². The van der Waals surface area contributed by atoms with Crippen molar-refractivity contribution >= 4 is 0 Å². The molecule has 3 rings (SSSR count). The molecule has 1 heterocycles. The van der Waals surface area contributed by atoms with Gasteiger partial charge in [-0.15, -0.1) is 0 Å². The third kappa shape index (κ3) is 2.38. The summed E-state index contributed by atoms with van der Waals surface area (Å²) in [5.74, 6) is 1.89. The Labute approximate surface area is 120 Å². The highest BCUT2D eigenvalue weighted by Gasteiger charge is 2.29. The molecule has 0 N–H and O–H groups in total. The van der Waals surface area contributed by atoms with Gasteiger partial charge < -0.3 is 9.47 Å². The van der Waals surface area contributed by atoms with Crippen molar-refractivity contribution < 1.29 is 9.47 Å². The Kier molecular flexibility index (Phi) is 3.17. The molecule has 0 unspecified atom stereocenters. The van der Waals surface area contributed by atoms with E-state index in [0.29, 0.717) is 0 Å². The van der Waals surface area contributed by atoms with Gasteiger partial charge in [-0.3, -0.25) is 0 Å². The average Bonchev–Trinajstić information content (AvgIpc) is 2.45. The normalized spacial score (nSPS) is 16.1. The van der Waals surface area contributed by atoms with Crippen molar-refractivity contribution in [2.75, 3.05) is 7.11 Å². The minimum Gasteiger partial charge on any atom is -0.496 e. The van der Waals surface area contributed by atoms with E-state index < -0.39 is 0 Å². The Morgan fingerprint density at radius 3 is 2.50 bits per heavy atom. The molecule has 2 heteroatoms. The Hall–Kier alpha value is -1.96. The van der Waals surface area contributed by atoms with Crippen molar-refractivity contribution in [2.24, 2.45) is 0 Å². The van der Waals surface area contributed by atoms with Crippen LogP contribution in [-0.2, 0) is 6.42 Å². The van der Waals surface area contributed by atoms with Gasteiger partial charge in [0.15, 0.2) is 0 Å². The number of hydrogen-bond donors (Lipinski definition) is 0. The lowest BCUT2D eigenvalue weighted by Crippen LogP contribution is -2.32. The van der Waals surface area contributed by atoms with Crippen LogP contribution in [0, 0.1) is 0 Å². The van der Waals surface area contributed by atoms with Crippen LogP contribution in [0.3, 0.4) is 0 Å². The second-order valence-electron chi connectivity index (χ2n) is 5.88. The van der Waals surface area contributed by atoms with Gasteiger partial charge in [0.25, 0.3) is 0 Å². The lowest BCUT2D eigenvalue weighted by molar-refractivity contribution is 0.0837. The van der Waals surface area contributed by atoms with Crippen LogP contribution in [0.25, 0.3) is 11.1 Å². The van der Waals surface area contributed by atoms with Gasteiger partial charge in [-0.1, -0.05) is 30.3 Å². The van der Waals surface area contributed by atoms with Gasteiger partial charge in [0.1, 0.15) is 17.1 Å². The van der Waals surface area contributed by atoms with Gasteiger partial charge >= 0.3 is 0 Å². The van der Waals surface area contributed by atoms with Crippen molar-refractivity contribution in [3.8, 4) is 22.6 Å². The monoisotopic (exact) mass is 268 g/mol. The summed E-state index contributed by atoms with van der Waals surface area (Å²) in [6.45, 7) is 4.27. The molecule has 0 atom stereocenters. The summed E-state index contributed by atoms with van der Waals surface area (Å²) < 4.78 is 11.7. The molecule has 1 aliphatic heterocycles. The molecule has 0 amide bonds. The molecule has 0 radical (unpaired) electrons. The highest BCUT2D eigenvalue weighted by Crippen LogP contribution is 2.41. The first-order valence-electron chi connectivity index (χ1n) is 7.04. The fraction of sp³-hybridized carbons (Fsp3) is 0.333. The van der Waals surface area contributed by atoms with Gasteiger partial charge in [0.2, 0.25) is 0 Å². The van der Waals surface area contributed by atoms with Gasteiger partial charge in [-0.05, 0) is 49.9 Å². The third-order valence-corrected chi connectivity index (χ3v) is 3.86. The van der Waals surface area contributed by atoms with Crippen molar-refractivity contribution in [3.05, 3.63) is 48.0 Å². The fourth-order valence-electron chi connectivity index (χ4n) is 2.71. The van der Waals surface area contributed by atoms with Crippen molar-refractivity contribution in [3.63, 3.8) is 0 Å². The molecular formula is C18H20O2. The zero-order valence-electron chi connectivity index (χ0n) is 12.3. The molecule has 2 aromatic rings. The largest absolute Gasteiger partial charge is 0.496 e. The molecule has 20 heavy (non-hydrogen) atoms. The molecule has 0 spiro atoms. The van der Waals surface area contributed by atoms with Crippen molar-refractivity contribution in [1.82, 2.24) is 0 Å². The van der Waals surface area contributed by atoms with Crippen LogP contribution in [0.15, 0.2) is 42.5 Å². The maximum absolute atomic E-state index is 6.14. The number of ether oxygens (including phenoxy) is 2. The standard InChI is InChI=1S/C18H20O2/c1-18(2)10-9-15-16(19-3)11-14(12-17(15)20-18)13-7-5-4-6-8-13/h4-8,11-12H,9-10H2,1-3H3. The zero-order chi connectivity index (χ0) is 14.2. The van der Waals surface area contributed by atoms with Crippen molar-refractivity contribution in [1.29, 1.82) is 0 Å². The first-order valence-corrected chi connectivity index (χ1v) is 7.04. The van der Waals surface area contributed by atoms with E-state index in [1.807, 2.05) is 18.2 Å². The summed E-state index contributed by atoms with van der Waals surface area (Å²) in [5.41, 5.74) is 3.40. The van der Waals surface area contributed by atoms with Gasteiger partial charge in [0, 0.05) is 5.56 Å². The topological polar surface area (TPSA) is 18.5 Å². The molecule has 0 bridgehead atoms. The molecule has 2 aromatic carbocycles. The molecule has 104 valence electrons. The van der Waals surface area contributed by atoms with Crippen LogP contribution in [0.5, 0.6) is 11.5 Å². The molecule has 2 nitrogen and oxygen atoms in total. The number of hydrogen-bond acceptors (Lipinski definition) is 2. The quantitative estimate of drug-likeness (QED) is 0.800. The lowest BCUT2D eigenvalue weighted by Gasteiger charge is -2.33. The number of fused-ring (bicyclic) bond motifs is 1. The second kappa shape index (κ2) is 4.86. The molecule has 1 aliphatic rings. The minimum atomic E-state index is -0.104. The van der Waals surface area contributed by atoms with Crippen LogP contribution in [0.4, 0.5) is 0 Å². The first kappa shape index (κ1) is 13.0. The molecule has 0 saturated heterocycles. The minimum absolute atomic E-state index is 0.104. The van der Waals surface area contributed by atoms with E-state index in [1.54, 1.807) is 7.11 Å². The summed E-state index contributed by atoms with van der Waals surface area (Å²) in [5, 5.41) is 0. The van der Waals surface area contributed by atoms with E-state index in [9.17, 15) is 0 Å². The maximum Gasteiger partial charge on any atom is 0.127 e. The summed E-state index contributed by atoms with van der Waals surface area (Å²) in [4.78, 5) is 0. The number of rotatable bonds is 2. The van der Waals surface area contributed by atoms with Crippen LogP contribution < -0.4 is 9.47 Å². The first-order chi connectivity index (χ1) is 9.59. The van der Waals surface area contributed by atoms with Crippen LogP contribution >= 0.6 is 0 Å². The third-order valence-electron chi connectivity index (χ3n) is 3.86. The van der Waals surface area contributed by atoms with Gasteiger partial charge in [-0.2, -0.15) is 0 Å². The predicted molar refractivity (Wildman–Crippen MR) is 81.5 cm³/mol. The maximum atomic E-state index is 6.14. The Morgan fingerprint density at radius 1 is 1.05 bits per heavy atom. The van der Waals surface area contributed by atoms with E-state index in [2.05, 4.69) is 38.1 Å². The van der Waals surface area contributed by atoms with Crippen LogP contribution in [0.2, 0.25) is 0 Å². The summed E-state index contributed by atoms with van der Waals surface area (Å²) >= 11 is 0. The van der Waals surface area contributed by atoms with Crippen LogP contribution in [0.1, 0.15) is 25.8 Å². The van der Waals surface area contributed by atoms with E-state index in [4.69, 9.17) is 9.47 Å². The van der Waals surface area contributed by atoms with E-state index in [0.717, 1.165) is 29.9 Å². The summed E-state index contributed by atoms with van der Waals surface area (Å²) in [6.07, 6.45) is 2.02. The highest BCUT2D eigenvalue weighted by atomic mass is 16.5. The number of benzene rings is 2. The van der Waals surface area contributed by atoms with Gasteiger partial charge in [-0.25, -0.2) is 0 Å². The second-order valence-corrected chi connectivity index (χ2v) is 5.88. The average molecular weight is 268 g/mol. The Balaban J connectivity index is 2.11. The molecular weight excluding hydrogens is 248 g/mol. The molecule has 0 aliphatic carbocycles. The molecule has 0 fully saturated rings. The summed E-state index contributed by atoms with van der Waals surface area (Å²) in [7, 11) is 1.73. The Morgan fingerprint density at radius 2 is 1.80 bits per heavy atom. The lowest BCUT2D eigenvalue weighted by atomic mass is 9.92. The van der Waals surface area contributed by atoms with E-state index in [-0.39, 0.29) is 5.60 Å². The SMILES string of the molecule is COc1cc(-c2ccccc2)cc2c1CCC(C)(C)O2. The van der Waals surface area contributed by atoms with Crippen LogP contribution in [-0.4, -0.2) is 12.7 Å². The highest BCUT2D eigenvalue weighted by molar-refractivity contribution is 5.69. The predicted octanol–water partition coefficient (Wildman–Crippen LogP) is 4.47. The summed E-state index contributed by atoms with van der Waals surface area (Å²) in [6, 6.07) is 14.6. The van der Waals surface area contributed by atoms with Crippen molar-refractivity contribution in [2.45, 2.75) is 32.3 Å². The number of methoxy groups -OCH3 is 1. The van der Waals surface area contributed by atoms with E-state index >= 15 is 0 Å². The molecule has 0 aromatic heterocycles. The smallest absolute Gasteiger partial charge is 0.127 e.